The topological polar surface area (TPSA) is 102 Å². The van der Waals surface area contributed by atoms with Crippen LogP contribution in [-0.2, 0) is 9.59 Å². The fourth-order valence-electron chi connectivity index (χ4n) is 2.50. The molecule has 0 aliphatic carbocycles. The van der Waals surface area contributed by atoms with E-state index < -0.39 is 5.97 Å². The van der Waals surface area contributed by atoms with Crippen molar-refractivity contribution in [1.82, 2.24) is 9.97 Å². The Kier molecular flexibility index (Phi) is 4.28. The highest BCUT2D eigenvalue weighted by Gasteiger charge is 2.26. The summed E-state index contributed by atoms with van der Waals surface area (Å²) in [4.78, 5) is 32.2. The molecule has 0 fully saturated rings. The molecule has 3 rings (SSSR count). The number of carboxylic acids is 1. The monoisotopic (exact) mass is 329 g/mol. The summed E-state index contributed by atoms with van der Waals surface area (Å²) < 4.78 is 10.7. The van der Waals surface area contributed by atoms with Crippen molar-refractivity contribution in [2.24, 2.45) is 0 Å². The molecule has 1 aliphatic rings. The molecule has 1 N–H and O–H groups in total. The number of aromatic nitrogens is 2. The lowest BCUT2D eigenvalue weighted by atomic mass is 10.1. The largest absolute Gasteiger partial charge is 0.482 e. The van der Waals surface area contributed by atoms with Gasteiger partial charge in [-0.2, -0.15) is 0 Å². The first kappa shape index (κ1) is 15.7. The van der Waals surface area contributed by atoms with E-state index in [2.05, 4.69) is 9.97 Å². The molecule has 0 radical (unpaired) electrons. The minimum atomic E-state index is -0.960. The summed E-state index contributed by atoms with van der Waals surface area (Å²) in [5.74, 6) is -0.293. The highest BCUT2D eigenvalue weighted by Crippen LogP contribution is 2.37. The van der Waals surface area contributed by atoms with Crippen LogP contribution in [0.1, 0.15) is 6.42 Å². The van der Waals surface area contributed by atoms with E-state index in [1.54, 1.807) is 24.4 Å². The smallest absolute Gasteiger partial charge is 0.305 e. The highest BCUT2D eigenvalue weighted by atomic mass is 16.5. The number of methoxy groups -OCH3 is 1. The maximum atomic E-state index is 12.0. The number of amides is 1. The SMILES string of the molecule is COc1ncncc1-c1ccc2c(c1)OCC(=O)N2CCC(=O)O. The van der Waals surface area contributed by atoms with Crippen molar-refractivity contribution in [3.63, 3.8) is 0 Å². The van der Waals surface area contributed by atoms with Gasteiger partial charge in [0.15, 0.2) is 6.61 Å². The number of rotatable bonds is 5. The van der Waals surface area contributed by atoms with Crippen LogP contribution in [0, 0.1) is 0 Å². The maximum absolute atomic E-state index is 12.0. The zero-order chi connectivity index (χ0) is 17.1. The van der Waals surface area contributed by atoms with Crippen molar-refractivity contribution in [1.29, 1.82) is 0 Å². The third kappa shape index (κ3) is 2.98. The predicted molar refractivity (Wildman–Crippen MR) is 84.1 cm³/mol. The Labute approximate surface area is 137 Å². The second-order valence-electron chi connectivity index (χ2n) is 5.11. The van der Waals surface area contributed by atoms with Crippen molar-refractivity contribution in [2.45, 2.75) is 6.42 Å². The Balaban J connectivity index is 1.96. The molecule has 0 saturated carbocycles. The number of aliphatic carboxylic acids is 1. The van der Waals surface area contributed by atoms with E-state index in [1.165, 1.54) is 18.3 Å². The van der Waals surface area contributed by atoms with Gasteiger partial charge in [0.2, 0.25) is 5.88 Å². The molecule has 0 saturated heterocycles. The van der Waals surface area contributed by atoms with Gasteiger partial charge in [-0.3, -0.25) is 9.59 Å². The third-order valence-electron chi connectivity index (χ3n) is 3.63. The van der Waals surface area contributed by atoms with Crippen molar-refractivity contribution < 1.29 is 24.2 Å². The molecular formula is C16H15N3O5. The van der Waals surface area contributed by atoms with Crippen LogP contribution >= 0.6 is 0 Å². The molecule has 24 heavy (non-hydrogen) atoms. The average Bonchev–Trinajstić information content (AvgIpc) is 2.60. The molecule has 0 spiro atoms. The lowest BCUT2D eigenvalue weighted by Crippen LogP contribution is -2.40. The standard InChI is InChI=1S/C16H15N3O5/c1-23-16-11(7-17-9-18-16)10-2-3-12-13(6-10)24-8-14(20)19(12)5-4-15(21)22/h2-3,6-7,9H,4-5,8H2,1H3,(H,21,22). The Morgan fingerprint density at radius 2 is 2.29 bits per heavy atom. The van der Waals surface area contributed by atoms with Gasteiger partial charge in [-0.25, -0.2) is 9.97 Å². The van der Waals surface area contributed by atoms with Gasteiger partial charge in [-0.05, 0) is 17.7 Å². The summed E-state index contributed by atoms with van der Waals surface area (Å²) in [7, 11) is 1.52. The number of carboxylic acid groups (broad SMARTS) is 1. The number of fused-ring (bicyclic) bond motifs is 1. The van der Waals surface area contributed by atoms with E-state index in [-0.39, 0.29) is 25.5 Å². The third-order valence-corrected chi connectivity index (χ3v) is 3.63. The van der Waals surface area contributed by atoms with Crippen LogP contribution in [-0.4, -0.2) is 47.2 Å². The second-order valence-corrected chi connectivity index (χ2v) is 5.11. The first-order valence-electron chi connectivity index (χ1n) is 7.23. The number of carbonyl (C=O) groups excluding carboxylic acids is 1. The van der Waals surface area contributed by atoms with E-state index in [9.17, 15) is 9.59 Å². The Hall–Kier alpha value is -3.16. The molecule has 1 aromatic heterocycles. The van der Waals surface area contributed by atoms with Gasteiger partial charge in [0.25, 0.3) is 5.91 Å². The summed E-state index contributed by atoms with van der Waals surface area (Å²) in [5.41, 5.74) is 2.02. The highest BCUT2D eigenvalue weighted by molar-refractivity contribution is 5.98. The predicted octanol–water partition coefficient (Wildman–Crippen LogP) is 1.35. The van der Waals surface area contributed by atoms with Crippen LogP contribution in [0.5, 0.6) is 11.6 Å². The Morgan fingerprint density at radius 1 is 1.46 bits per heavy atom. The molecule has 1 aliphatic heterocycles. The quantitative estimate of drug-likeness (QED) is 0.883. The summed E-state index contributed by atoms with van der Waals surface area (Å²) in [5, 5.41) is 8.83. The van der Waals surface area contributed by atoms with Crippen LogP contribution in [0.3, 0.4) is 0 Å². The van der Waals surface area contributed by atoms with E-state index in [0.29, 0.717) is 22.9 Å². The number of benzene rings is 1. The molecule has 8 heteroatoms. The Bertz CT molecular complexity index is 793. The van der Waals surface area contributed by atoms with E-state index in [0.717, 1.165) is 5.56 Å². The molecule has 0 bridgehead atoms. The molecule has 0 atom stereocenters. The number of ether oxygens (including phenoxy) is 2. The molecule has 2 heterocycles. The molecule has 0 unspecified atom stereocenters. The van der Waals surface area contributed by atoms with Gasteiger partial charge in [-0.15, -0.1) is 0 Å². The summed E-state index contributed by atoms with van der Waals surface area (Å²) >= 11 is 0. The van der Waals surface area contributed by atoms with Gasteiger partial charge in [0, 0.05) is 12.7 Å². The zero-order valence-corrected chi connectivity index (χ0v) is 12.9. The number of hydrogen-bond donors (Lipinski definition) is 1. The number of hydrogen-bond acceptors (Lipinski definition) is 6. The Morgan fingerprint density at radius 3 is 3.04 bits per heavy atom. The molecule has 8 nitrogen and oxygen atoms in total. The fraction of sp³-hybridized carbons (Fsp3) is 0.250. The summed E-state index contributed by atoms with van der Waals surface area (Å²) in [6, 6.07) is 5.27. The van der Waals surface area contributed by atoms with E-state index in [4.69, 9.17) is 14.6 Å². The summed E-state index contributed by atoms with van der Waals surface area (Å²) in [6.45, 7) is -0.0276. The van der Waals surface area contributed by atoms with E-state index in [1.807, 2.05) is 0 Å². The molecule has 1 amide bonds. The van der Waals surface area contributed by atoms with Crippen molar-refractivity contribution in [2.75, 3.05) is 25.2 Å². The first-order chi connectivity index (χ1) is 11.6. The van der Waals surface area contributed by atoms with Gasteiger partial charge in [0.1, 0.15) is 12.1 Å². The summed E-state index contributed by atoms with van der Waals surface area (Å²) in [6.07, 6.45) is 2.89. The molecule has 2 aromatic rings. The van der Waals surface area contributed by atoms with Crippen LogP contribution in [0.25, 0.3) is 11.1 Å². The lowest BCUT2D eigenvalue weighted by molar-refractivity contribution is -0.136. The van der Waals surface area contributed by atoms with Crippen LogP contribution in [0.15, 0.2) is 30.7 Å². The van der Waals surface area contributed by atoms with Gasteiger partial charge in [-0.1, -0.05) is 6.07 Å². The molecule has 1 aromatic carbocycles. The zero-order valence-electron chi connectivity index (χ0n) is 12.9. The van der Waals surface area contributed by atoms with Gasteiger partial charge in [0.05, 0.1) is 24.8 Å². The molecule has 124 valence electrons. The normalized spacial score (nSPS) is 13.2. The lowest BCUT2D eigenvalue weighted by Gasteiger charge is -2.29. The van der Waals surface area contributed by atoms with Crippen LogP contribution in [0.4, 0.5) is 5.69 Å². The van der Waals surface area contributed by atoms with Crippen LogP contribution < -0.4 is 14.4 Å². The number of carbonyl (C=O) groups is 2. The van der Waals surface area contributed by atoms with Gasteiger partial charge < -0.3 is 19.5 Å². The first-order valence-corrected chi connectivity index (χ1v) is 7.23. The average molecular weight is 329 g/mol. The fourth-order valence-corrected chi connectivity index (χ4v) is 2.50. The number of nitrogens with zero attached hydrogens (tertiary/aromatic N) is 3. The van der Waals surface area contributed by atoms with Crippen molar-refractivity contribution in [3.05, 3.63) is 30.7 Å². The number of anilines is 1. The van der Waals surface area contributed by atoms with Gasteiger partial charge >= 0.3 is 5.97 Å². The molecular weight excluding hydrogens is 314 g/mol. The van der Waals surface area contributed by atoms with Crippen molar-refractivity contribution >= 4 is 17.6 Å². The van der Waals surface area contributed by atoms with E-state index >= 15 is 0 Å². The minimum absolute atomic E-state index is 0.0989. The maximum Gasteiger partial charge on any atom is 0.305 e. The van der Waals surface area contributed by atoms with Crippen molar-refractivity contribution in [3.8, 4) is 22.8 Å². The van der Waals surface area contributed by atoms with Crippen LogP contribution in [0.2, 0.25) is 0 Å². The second kappa shape index (κ2) is 6.53. The minimum Gasteiger partial charge on any atom is -0.482 e.